The minimum atomic E-state index is -0.617. The molecule has 0 radical (unpaired) electrons. The number of carbonyl (C=O) groups excluding carboxylic acids is 1. The predicted molar refractivity (Wildman–Crippen MR) is 117 cm³/mol. The average molecular weight is 437 g/mol. The fourth-order valence-corrected chi connectivity index (χ4v) is 2.79. The molecule has 0 aliphatic heterocycles. The van der Waals surface area contributed by atoms with Crippen molar-refractivity contribution >= 4 is 29.3 Å². The van der Waals surface area contributed by atoms with Gasteiger partial charge in [0, 0.05) is 22.3 Å². The number of benzene rings is 3. The van der Waals surface area contributed by atoms with Gasteiger partial charge in [0.2, 0.25) is 0 Å². The number of rotatable bonds is 7. The van der Waals surface area contributed by atoms with E-state index in [1.165, 1.54) is 37.5 Å². The van der Waals surface area contributed by atoms with Crippen LogP contribution in [0.4, 0.5) is 10.1 Å². The summed E-state index contributed by atoms with van der Waals surface area (Å²) in [4.78, 5) is 12.5. The van der Waals surface area contributed by atoms with E-state index in [9.17, 15) is 14.4 Å². The third-order valence-electron chi connectivity index (χ3n) is 4.30. The van der Waals surface area contributed by atoms with Gasteiger partial charge in [-0.1, -0.05) is 23.7 Å². The standard InChI is InChI=1S/C24H18ClFN2O3/c1-30-22-11-4-17(23(13-22)31-15-16-2-5-19(25)6-3-16)12-18(14-27)24(29)28-21-9-7-20(26)8-10-21/h2-13H,15H2,1H3,(H,28,29)/b18-12+. The summed E-state index contributed by atoms with van der Waals surface area (Å²) in [6.07, 6.45) is 1.43. The first kappa shape index (κ1) is 21.9. The molecule has 5 nitrogen and oxygen atoms in total. The van der Waals surface area contributed by atoms with E-state index in [2.05, 4.69) is 5.32 Å². The van der Waals surface area contributed by atoms with Gasteiger partial charge in [-0.15, -0.1) is 0 Å². The van der Waals surface area contributed by atoms with E-state index < -0.39 is 11.7 Å². The molecule has 156 valence electrons. The Bertz CT molecular complexity index is 1140. The van der Waals surface area contributed by atoms with Gasteiger partial charge in [0.05, 0.1) is 7.11 Å². The molecule has 0 saturated heterocycles. The first-order chi connectivity index (χ1) is 15.0. The number of carbonyl (C=O) groups is 1. The van der Waals surface area contributed by atoms with Gasteiger partial charge in [0.15, 0.2) is 0 Å². The van der Waals surface area contributed by atoms with Crippen LogP contribution in [0, 0.1) is 17.1 Å². The minimum absolute atomic E-state index is 0.133. The van der Waals surface area contributed by atoms with E-state index in [0.29, 0.717) is 27.8 Å². The Morgan fingerprint density at radius 1 is 1.13 bits per heavy atom. The topological polar surface area (TPSA) is 71.3 Å². The lowest BCUT2D eigenvalue weighted by Gasteiger charge is -2.12. The zero-order valence-corrected chi connectivity index (χ0v) is 17.3. The molecule has 3 rings (SSSR count). The van der Waals surface area contributed by atoms with Crippen LogP contribution in [0.1, 0.15) is 11.1 Å². The molecule has 31 heavy (non-hydrogen) atoms. The van der Waals surface area contributed by atoms with Gasteiger partial charge in [-0.25, -0.2) is 4.39 Å². The number of nitrogens with one attached hydrogen (secondary N) is 1. The van der Waals surface area contributed by atoms with Crippen molar-refractivity contribution in [2.45, 2.75) is 6.61 Å². The highest BCUT2D eigenvalue weighted by Crippen LogP contribution is 2.28. The summed E-state index contributed by atoms with van der Waals surface area (Å²) >= 11 is 5.91. The fourth-order valence-electron chi connectivity index (χ4n) is 2.66. The van der Waals surface area contributed by atoms with Crippen LogP contribution in [0.15, 0.2) is 72.3 Å². The number of nitrogens with zero attached hydrogens (tertiary/aromatic N) is 1. The number of ether oxygens (including phenoxy) is 2. The quantitative estimate of drug-likeness (QED) is 0.386. The second kappa shape index (κ2) is 10.3. The summed E-state index contributed by atoms with van der Waals surface area (Å²) in [6, 6.07) is 19.4. The highest BCUT2D eigenvalue weighted by molar-refractivity contribution is 6.30. The molecule has 3 aromatic rings. The lowest BCUT2D eigenvalue weighted by Crippen LogP contribution is -2.13. The maximum absolute atomic E-state index is 13.1. The van der Waals surface area contributed by atoms with E-state index in [1.54, 1.807) is 30.3 Å². The number of anilines is 1. The Kier molecular flexibility index (Phi) is 7.26. The van der Waals surface area contributed by atoms with Gasteiger partial charge < -0.3 is 14.8 Å². The normalized spacial score (nSPS) is 10.8. The van der Waals surface area contributed by atoms with Gasteiger partial charge in [-0.3, -0.25) is 4.79 Å². The van der Waals surface area contributed by atoms with E-state index >= 15 is 0 Å². The van der Waals surface area contributed by atoms with Gasteiger partial charge in [0.1, 0.15) is 35.6 Å². The Morgan fingerprint density at radius 2 is 1.84 bits per heavy atom. The Balaban J connectivity index is 1.83. The van der Waals surface area contributed by atoms with Crippen LogP contribution in [-0.4, -0.2) is 13.0 Å². The minimum Gasteiger partial charge on any atom is -0.497 e. The molecule has 1 amide bonds. The van der Waals surface area contributed by atoms with E-state index in [1.807, 2.05) is 18.2 Å². The summed E-state index contributed by atoms with van der Waals surface area (Å²) < 4.78 is 24.2. The number of halogens is 2. The predicted octanol–water partition coefficient (Wildman–Crippen LogP) is 5.61. The summed E-state index contributed by atoms with van der Waals surface area (Å²) in [5.74, 6) is -0.0301. The van der Waals surface area contributed by atoms with Crippen molar-refractivity contribution < 1.29 is 18.7 Å². The Labute approximate surface area is 184 Å². The molecule has 0 bridgehead atoms. The van der Waals surface area contributed by atoms with E-state index in [-0.39, 0.29) is 12.2 Å². The molecule has 3 aromatic carbocycles. The summed E-state index contributed by atoms with van der Waals surface area (Å²) in [6.45, 7) is 0.259. The highest BCUT2D eigenvalue weighted by Gasteiger charge is 2.13. The molecule has 0 spiro atoms. The summed E-state index contributed by atoms with van der Waals surface area (Å²) in [5, 5.41) is 12.7. The molecule has 7 heteroatoms. The third kappa shape index (κ3) is 6.08. The second-order valence-corrected chi connectivity index (χ2v) is 6.89. The van der Waals surface area contributed by atoms with Crippen LogP contribution in [-0.2, 0) is 11.4 Å². The lowest BCUT2D eigenvalue weighted by molar-refractivity contribution is -0.112. The van der Waals surface area contributed by atoms with Crippen LogP contribution in [0.3, 0.4) is 0 Å². The summed E-state index contributed by atoms with van der Waals surface area (Å²) in [7, 11) is 1.53. The average Bonchev–Trinajstić information content (AvgIpc) is 2.79. The zero-order valence-electron chi connectivity index (χ0n) is 16.6. The molecule has 0 unspecified atom stereocenters. The number of methoxy groups -OCH3 is 1. The molecular weight excluding hydrogens is 419 g/mol. The SMILES string of the molecule is COc1ccc(/C=C(\C#N)C(=O)Nc2ccc(F)cc2)c(OCc2ccc(Cl)cc2)c1. The van der Waals surface area contributed by atoms with Gasteiger partial charge in [-0.2, -0.15) is 5.26 Å². The van der Waals surface area contributed by atoms with Crippen LogP contribution < -0.4 is 14.8 Å². The number of hydrogen-bond acceptors (Lipinski definition) is 4. The van der Waals surface area contributed by atoms with Crippen LogP contribution in [0.2, 0.25) is 5.02 Å². The van der Waals surface area contributed by atoms with Crippen molar-refractivity contribution in [1.29, 1.82) is 5.26 Å². The molecule has 0 saturated carbocycles. The van der Waals surface area contributed by atoms with Crippen molar-refractivity contribution in [3.05, 3.63) is 94.3 Å². The van der Waals surface area contributed by atoms with Crippen molar-refractivity contribution in [1.82, 2.24) is 0 Å². The van der Waals surface area contributed by atoms with Crippen molar-refractivity contribution in [2.75, 3.05) is 12.4 Å². The second-order valence-electron chi connectivity index (χ2n) is 6.45. The maximum Gasteiger partial charge on any atom is 0.266 e. The Hall–Kier alpha value is -3.82. The lowest BCUT2D eigenvalue weighted by atomic mass is 10.1. The van der Waals surface area contributed by atoms with Crippen molar-refractivity contribution in [2.24, 2.45) is 0 Å². The first-order valence-electron chi connectivity index (χ1n) is 9.22. The van der Waals surface area contributed by atoms with Gasteiger partial charge in [-0.05, 0) is 60.2 Å². The van der Waals surface area contributed by atoms with Crippen LogP contribution in [0.25, 0.3) is 6.08 Å². The zero-order chi connectivity index (χ0) is 22.2. The van der Waals surface area contributed by atoms with E-state index in [4.69, 9.17) is 21.1 Å². The molecule has 0 fully saturated rings. The highest BCUT2D eigenvalue weighted by atomic mass is 35.5. The monoisotopic (exact) mass is 436 g/mol. The van der Waals surface area contributed by atoms with Gasteiger partial charge in [0.25, 0.3) is 5.91 Å². The molecule has 0 aromatic heterocycles. The number of amides is 1. The van der Waals surface area contributed by atoms with Gasteiger partial charge >= 0.3 is 0 Å². The molecule has 0 heterocycles. The molecule has 0 atom stereocenters. The number of hydrogen-bond donors (Lipinski definition) is 1. The molecule has 0 aliphatic carbocycles. The largest absolute Gasteiger partial charge is 0.497 e. The van der Waals surface area contributed by atoms with Crippen LogP contribution in [0.5, 0.6) is 11.5 Å². The smallest absolute Gasteiger partial charge is 0.266 e. The molecule has 0 aliphatic rings. The Morgan fingerprint density at radius 3 is 2.48 bits per heavy atom. The maximum atomic E-state index is 13.1. The molecular formula is C24H18ClFN2O3. The van der Waals surface area contributed by atoms with Crippen molar-refractivity contribution in [3.63, 3.8) is 0 Å². The summed E-state index contributed by atoms with van der Waals surface area (Å²) in [5.41, 5.74) is 1.67. The first-order valence-corrected chi connectivity index (χ1v) is 9.60. The van der Waals surface area contributed by atoms with Crippen molar-refractivity contribution in [3.8, 4) is 17.6 Å². The molecule has 1 N–H and O–H groups in total. The third-order valence-corrected chi connectivity index (χ3v) is 4.55. The van der Waals surface area contributed by atoms with E-state index in [0.717, 1.165) is 5.56 Å². The van der Waals surface area contributed by atoms with Crippen LogP contribution >= 0.6 is 11.6 Å². The number of nitriles is 1. The fraction of sp³-hybridized carbons (Fsp3) is 0.0833.